The highest BCUT2D eigenvalue weighted by Crippen LogP contribution is 2.30. The molecule has 0 radical (unpaired) electrons. The zero-order chi connectivity index (χ0) is 40.5. The third kappa shape index (κ3) is 14.1. The molecule has 2 amide bonds. The first-order valence-electron chi connectivity index (χ1n) is 19.9. The lowest BCUT2D eigenvalue weighted by molar-refractivity contribution is -0.296. The molecule has 318 valence electrons. The summed E-state index contributed by atoms with van der Waals surface area (Å²) < 4.78 is 24.6. The Hall–Kier alpha value is -3.12. The standard InChI is InChI=1S/C36H66N12O8/c37-16-27-32(53-11-7-3-1-5-9-45-34(51)25(40)13-21-17-43-19-47-21)30(50)28(42)36(55-27)56-31-24(39)15-23(38)29(49)33(31)54-12-8-4-2-6-10-46-35(52)26(41)14-22-18-44-20-48-22/h17-20,23-33,36,49-50H,1-16,37-42H2,(H,43,47)(H,44,48)(H,45,51)(H,46,52)/t23-,24+,25+,26+,27-,28-,29+,30-,31-,32-,33-,36-/m1/s1. The van der Waals surface area contributed by atoms with Crippen LogP contribution in [-0.4, -0.2) is 148 Å². The van der Waals surface area contributed by atoms with Gasteiger partial charge in [-0.15, -0.1) is 0 Å². The average molecular weight is 795 g/mol. The van der Waals surface area contributed by atoms with Crippen LogP contribution in [-0.2, 0) is 41.4 Å². The summed E-state index contributed by atoms with van der Waals surface area (Å²) in [5, 5.41) is 27.9. The molecule has 0 bridgehead atoms. The number of nitrogens with two attached hydrogens (primary N) is 6. The summed E-state index contributed by atoms with van der Waals surface area (Å²) in [6.45, 7) is 1.74. The number of aliphatic hydroxyl groups is 2. The number of imidazole rings is 2. The lowest BCUT2D eigenvalue weighted by Gasteiger charge is -2.47. The molecule has 2 fully saturated rings. The molecular weight excluding hydrogens is 728 g/mol. The van der Waals surface area contributed by atoms with E-state index in [-0.39, 0.29) is 24.8 Å². The predicted molar refractivity (Wildman–Crippen MR) is 206 cm³/mol. The van der Waals surface area contributed by atoms with E-state index < -0.39 is 73.1 Å². The molecule has 0 spiro atoms. The molecule has 0 unspecified atom stereocenters. The average Bonchev–Trinajstić information content (AvgIpc) is 3.90. The fourth-order valence-corrected chi connectivity index (χ4v) is 6.99. The SMILES string of the molecule is NC[C@H]1O[C@H](O[C@H]2[C@H](OCCCCCCNC(=O)[C@@H](N)Cc3cnc[nH]3)[C@@H](O)[C@H](N)C[C@@H]2N)[C@H](N)[C@@H](O)[C@@H]1OCCCCCCNC(=O)[C@@H](N)Cc1cnc[nH]1. The summed E-state index contributed by atoms with van der Waals surface area (Å²) in [4.78, 5) is 38.3. The number of ether oxygens (including phenoxy) is 4. The topological polar surface area (TPSA) is 349 Å². The Bertz CT molecular complexity index is 1380. The van der Waals surface area contributed by atoms with E-state index in [1.54, 1.807) is 25.0 Å². The van der Waals surface area contributed by atoms with Gasteiger partial charge in [0.05, 0.1) is 36.9 Å². The van der Waals surface area contributed by atoms with Gasteiger partial charge in [-0.25, -0.2) is 9.97 Å². The maximum Gasteiger partial charge on any atom is 0.237 e. The minimum absolute atomic E-state index is 0.0440. The molecule has 4 rings (SSSR count). The number of hydrogen-bond donors (Lipinski definition) is 12. The second-order valence-electron chi connectivity index (χ2n) is 14.9. The van der Waals surface area contributed by atoms with Crippen molar-refractivity contribution >= 4 is 11.8 Å². The number of nitrogens with one attached hydrogen (secondary N) is 4. The van der Waals surface area contributed by atoms with Gasteiger partial charge >= 0.3 is 0 Å². The number of rotatable bonds is 25. The highest BCUT2D eigenvalue weighted by Gasteiger charge is 2.49. The third-order valence-electron chi connectivity index (χ3n) is 10.3. The summed E-state index contributed by atoms with van der Waals surface area (Å²) in [6.07, 6.45) is 7.36. The number of aromatic amines is 2. The molecule has 12 atom stereocenters. The second-order valence-corrected chi connectivity index (χ2v) is 14.9. The van der Waals surface area contributed by atoms with Crippen molar-refractivity contribution in [2.24, 2.45) is 34.4 Å². The number of aliphatic hydroxyl groups excluding tert-OH is 2. The number of unbranched alkanes of at least 4 members (excludes halogenated alkanes) is 6. The third-order valence-corrected chi connectivity index (χ3v) is 10.3. The Morgan fingerprint density at radius 1 is 0.768 bits per heavy atom. The molecule has 0 aromatic carbocycles. The van der Waals surface area contributed by atoms with Gasteiger partial charge in [-0.1, -0.05) is 25.7 Å². The van der Waals surface area contributed by atoms with Crippen molar-refractivity contribution in [1.82, 2.24) is 30.6 Å². The van der Waals surface area contributed by atoms with Crippen LogP contribution in [0.3, 0.4) is 0 Å². The molecule has 1 saturated carbocycles. The molecule has 1 saturated heterocycles. The van der Waals surface area contributed by atoms with Gasteiger partial charge in [0.25, 0.3) is 0 Å². The van der Waals surface area contributed by atoms with Crippen molar-refractivity contribution in [1.29, 1.82) is 0 Å². The van der Waals surface area contributed by atoms with E-state index in [0.29, 0.717) is 45.6 Å². The molecule has 56 heavy (non-hydrogen) atoms. The van der Waals surface area contributed by atoms with Crippen LogP contribution in [0.1, 0.15) is 69.2 Å². The lowest BCUT2D eigenvalue weighted by atomic mass is 9.84. The van der Waals surface area contributed by atoms with E-state index in [4.69, 9.17) is 53.3 Å². The Labute approximate surface area is 328 Å². The minimum Gasteiger partial charge on any atom is -0.389 e. The van der Waals surface area contributed by atoms with E-state index >= 15 is 0 Å². The first-order valence-corrected chi connectivity index (χ1v) is 19.9. The van der Waals surface area contributed by atoms with Crippen LogP contribution < -0.4 is 45.0 Å². The molecule has 2 aliphatic rings. The van der Waals surface area contributed by atoms with Crippen LogP contribution in [0.2, 0.25) is 0 Å². The Balaban J connectivity index is 1.13. The quantitative estimate of drug-likeness (QED) is 0.0442. The van der Waals surface area contributed by atoms with Gasteiger partial charge in [-0.3, -0.25) is 9.59 Å². The van der Waals surface area contributed by atoms with E-state index in [1.165, 1.54) is 0 Å². The van der Waals surface area contributed by atoms with Gasteiger partial charge in [0.2, 0.25) is 11.8 Å². The minimum atomic E-state index is -1.15. The number of H-pyrrole nitrogens is 2. The molecule has 3 heterocycles. The van der Waals surface area contributed by atoms with Gasteiger partial charge < -0.3 is 84.2 Å². The fraction of sp³-hybridized carbons (Fsp3) is 0.778. The highest BCUT2D eigenvalue weighted by molar-refractivity contribution is 5.82. The number of amides is 2. The van der Waals surface area contributed by atoms with Crippen LogP contribution in [0.15, 0.2) is 25.0 Å². The van der Waals surface area contributed by atoms with Crippen molar-refractivity contribution in [3.8, 4) is 0 Å². The summed E-state index contributed by atoms with van der Waals surface area (Å²) in [7, 11) is 0. The number of aromatic nitrogens is 4. The second kappa shape index (κ2) is 24.0. The Morgan fingerprint density at radius 3 is 1.79 bits per heavy atom. The van der Waals surface area contributed by atoms with Crippen molar-refractivity contribution in [2.75, 3.05) is 32.8 Å². The number of nitrogens with zero attached hydrogens (tertiary/aromatic N) is 2. The van der Waals surface area contributed by atoms with Gasteiger partial charge in [0.1, 0.15) is 30.5 Å². The van der Waals surface area contributed by atoms with Gasteiger partial charge in [-0.05, 0) is 32.1 Å². The van der Waals surface area contributed by atoms with Gasteiger partial charge in [0.15, 0.2) is 6.29 Å². The summed E-state index contributed by atoms with van der Waals surface area (Å²) in [5.41, 5.74) is 38.7. The molecule has 20 nitrogen and oxygen atoms in total. The molecule has 20 heteroatoms. The van der Waals surface area contributed by atoms with Crippen molar-refractivity contribution in [3.63, 3.8) is 0 Å². The smallest absolute Gasteiger partial charge is 0.237 e. The number of carbonyl (C=O) groups is 2. The molecule has 1 aliphatic carbocycles. The Morgan fingerprint density at radius 2 is 1.29 bits per heavy atom. The summed E-state index contributed by atoms with van der Waals surface area (Å²) in [5.74, 6) is -0.420. The number of carbonyl (C=O) groups excluding carboxylic acids is 2. The van der Waals surface area contributed by atoms with Crippen LogP contribution in [0.4, 0.5) is 0 Å². The van der Waals surface area contributed by atoms with Crippen LogP contribution >= 0.6 is 0 Å². The zero-order valence-corrected chi connectivity index (χ0v) is 32.3. The van der Waals surface area contributed by atoms with Gasteiger partial charge in [-0.2, -0.15) is 0 Å². The van der Waals surface area contributed by atoms with E-state index in [2.05, 4.69) is 30.6 Å². The first kappa shape index (κ1) is 45.6. The maximum absolute atomic E-state index is 12.3. The largest absolute Gasteiger partial charge is 0.389 e. The summed E-state index contributed by atoms with van der Waals surface area (Å²) in [6, 6.07) is -3.50. The first-order chi connectivity index (χ1) is 27.0. The molecule has 2 aromatic heterocycles. The van der Waals surface area contributed by atoms with Crippen LogP contribution in [0, 0.1) is 0 Å². The maximum atomic E-state index is 12.3. The zero-order valence-electron chi connectivity index (χ0n) is 32.3. The Kier molecular flexibility index (Phi) is 19.5. The van der Waals surface area contributed by atoms with Crippen LogP contribution in [0.5, 0.6) is 0 Å². The molecule has 1 aliphatic heterocycles. The highest BCUT2D eigenvalue weighted by atomic mass is 16.7. The van der Waals surface area contributed by atoms with Gasteiger partial charge in [0, 0.05) is 81.6 Å². The van der Waals surface area contributed by atoms with Crippen molar-refractivity contribution < 1.29 is 38.7 Å². The lowest BCUT2D eigenvalue weighted by Crippen LogP contribution is -2.68. The van der Waals surface area contributed by atoms with Crippen molar-refractivity contribution in [2.45, 2.75) is 144 Å². The molecule has 2 aromatic rings. The van der Waals surface area contributed by atoms with Crippen LogP contribution in [0.25, 0.3) is 0 Å². The molecule has 18 N–H and O–H groups in total. The predicted octanol–water partition coefficient (Wildman–Crippen LogP) is -3.13. The fourth-order valence-electron chi connectivity index (χ4n) is 6.99. The van der Waals surface area contributed by atoms with Crippen molar-refractivity contribution in [3.05, 3.63) is 36.4 Å². The van der Waals surface area contributed by atoms with E-state index in [1.807, 2.05) is 0 Å². The molecular formula is C36H66N12O8. The number of hydrogen-bond acceptors (Lipinski definition) is 16. The summed E-state index contributed by atoms with van der Waals surface area (Å²) >= 11 is 0. The van der Waals surface area contributed by atoms with E-state index in [9.17, 15) is 19.8 Å². The monoisotopic (exact) mass is 795 g/mol. The van der Waals surface area contributed by atoms with E-state index in [0.717, 1.165) is 56.3 Å². The normalized spacial score (nSPS) is 29.1.